The Morgan fingerprint density at radius 2 is 1.83 bits per heavy atom. The highest BCUT2D eigenvalue weighted by Gasteiger charge is 2.33. The summed E-state index contributed by atoms with van der Waals surface area (Å²) in [5.74, 6) is 0. The summed E-state index contributed by atoms with van der Waals surface area (Å²) in [5.41, 5.74) is 0. The molecule has 0 aromatic heterocycles. The van der Waals surface area contributed by atoms with E-state index in [1.54, 1.807) is 0 Å². The summed E-state index contributed by atoms with van der Waals surface area (Å²) in [4.78, 5) is 0. The second kappa shape index (κ2) is 8.92. The number of rotatable bonds is 9. The number of hydrogen-bond acceptors (Lipinski definition) is 1. The summed E-state index contributed by atoms with van der Waals surface area (Å²) in [6.45, 7) is 8.47. The van der Waals surface area contributed by atoms with E-state index in [1.807, 2.05) is 6.08 Å². The average molecular weight is 269 g/mol. The molecule has 0 aromatic carbocycles. The third kappa shape index (κ3) is 6.74. The van der Waals surface area contributed by atoms with Crippen LogP contribution in [0.3, 0.4) is 0 Å². The Bertz CT molecular complexity index is 229. The lowest BCUT2D eigenvalue weighted by molar-refractivity contribution is 0.175. The van der Waals surface area contributed by atoms with Crippen molar-refractivity contribution in [2.45, 2.75) is 89.5 Å². The molecule has 0 bridgehead atoms. The highest BCUT2D eigenvalue weighted by Crippen LogP contribution is 2.30. The predicted molar refractivity (Wildman–Crippen MR) is 83.5 cm³/mol. The first-order valence-electron chi connectivity index (χ1n) is 7.95. The summed E-state index contributed by atoms with van der Waals surface area (Å²) in [6, 6.07) is 2.79. The first-order chi connectivity index (χ1) is 8.66. The van der Waals surface area contributed by atoms with Gasteiger partial charge in [0, 0.05) is 6.10 Å². The van der Waals surface area contributed by atoms with Gasteiger partial charge in [-0.1, -0.05) is 44.6 Å². The monoisotopic (exact) mass is 268 g/mol. The fourth-order valence-corrected chi connectivity index (χ4v) is 6.57. The Morgan fingerprint density at radius 3 is 2.50 bits per heavy atom. The fourth-order valence-electron chi connectivity index (χ4n) is 3.05. The van der Waals surface area contributed by atoms with Crippen LogP contribution in [0.1, 0.15) is 64.7 Å². The van der Waals surface area contributed by atoms with Gasteiger partial charge >= 0.3 is 0 Å². The first-order valence-corrected chi connectivity index (χ1v) is 10.8. The number of allylic oxidation sites excluding steroid dienone is 1. The molecule has 0 N–H and O–H groups in total. The largest absolute Gasteiger partial charge is 0.414 e. The van der Waals surface area contributed by atoms with Crippen molar-refractivity contribution in [3.05, 3.63) is 12.7 Å². The zero-order valence-electron chi connectivity index (χ0n) is 12.5. The zero-order chi connectivity index (χ0) is 13.3. The van der Waals surface area contributed by atoms with Crippen LogP contribution in [0.2, 0.25) is 18.6 Å². The molecule has 0 saturated carbocycles. The zero-order valence-corrected chi connectivity index (χ0v) is 13.5. The average Bonchev–Trinajstić information content (AvgIpc) is 2.32. The molecule has 0 spiro atoms. The van der Waals surface area contributed by atoms with E-state index in [4.69, 9.17) is 4.43 Å². The van der Waals surface area contributed by atoms with E-state index < -0.39 is 8.32 Å². The van der Waals surface area contributed by atoms with Crippen LogP contribution in [0.4, 0.5) is 0 Å². The van der Waals surface area contributed by atoms with Gasteiger partial charge in [0.2, 0.25) is 0 Å². The maximum atomic E-state index is 6.26. The summed E-state index contributed by atoms with van der Waals surface area (Å²) in [6.07, 6.45) is 14.8. The van der Waals surface area contributed by atoms with E-state index in [-0.39, 0.29) is 0 Å². The van der Waals surface area contributed by atoms with Gasteiger partial charge in [-0.25, -0.2) is 0 Å². The van der Waals surface area contributed by atoms with E-state index in [2.05, 4.69) is 20.0 Å². The third-order valence-electron chi connectivity index (χ3n) is 4.17. The Morgan fingerprint density at radius 1 is 1.17 bits per heavy atom. The van der Waals surface area contributed by atoms with E-state index >= 15 is 0 Å². The Hall–Kier alpha value is -0.0831. The molecule has 0 aromatic rings. The third-order valence-corrected chi connectivity index (χ3v) is 7.96. The van der Waals surface area contributed by atoms with Gasteiger partial charge in [-0.05, 0) is 44.8 Å². The van der Waals surface area contributed by atoms with Gasteiger partial charge in [-0.3, -0.25) is 0 Å². The summed E-state index contributed by atoms with van der Waals surface area (Å²) >= 11 is 0. The fraction of sp³-hybridized carbons (Fsp3) is 0.875. The summed E-state index contributed by atoms with van der Waals surface area (Å²) in [5, 5.41) is 0. The molecule has 2 unspecified atom stereocenters. The maximum absolute atomic E-state index is 6.26. The van der Waals surface area contributed by atoms with Crippen molar-refractivity contribution in [2.24, 2.45) is 0 Å². The maximum Gasteiger partial charge on any atom is 0.190 e. The smallest absolute Gasteiger partial charge is 0.190 e. The van der Waals surface area contributed by atoms with Crippen LogP contribution >= 0.6 is 0 Å². The van der Waals surface area contributed by atoms with Crippen molar-refractivity contribution in [1.82, 2.24) is 0 Å². The molecule has 0 amide bonds. The Kier molecular flexibility index (Phi) is 7.92. The predicted octanol–water partition coefficient (Wildman–Crippen LogP) is 5.68. The first kappa shape index (κ1) is 16.0. The molecule has 0 aliphatic carbocycles. The van der Waals surface area contributed by atoms with E-state index in [0.29, 0.717) is 6.10 Å². The molecular weight excluding hydrogens is 236 g/mol. The van der Waals surface area contributed by atoms with Gasteiger partial charge < -0.3 is 4.43 Å². The van der Waals surface area contributed by atoms with Crippen LogP contribution in [-0.2, 0) is 4.43 Å². The highest BCUT2D eigenvalue weighted by molar-refractivity contribution is 6.72. The molecule has 106 valence electrons. The number of unbranched alkanes of at least 4 members (excludes halogenated alkanes) is 6. The van der Waals surface area contributed by atoms with Gasteiger partial charge in [-0.15, -0.1) is 6.58 Å². The molecule has 1 nitrogen and oxygen atoms in total. The normalized spacial score (nSPS) is 28.2. The Labute approximate surface area is 115 Å². The lowest BCUT2D eigenvalue weighted by Gasteiger charge is -2.35. The molecular formula is C16H32OSi. The molecule has 1 rings (SSSR count). The van der Waals surface area contributed by atoms with Gasteiger partial charge in [0.15, 0.2) is 8.32 Å². The highest BCUT2D eigenvalue weighted by atomic mass is 28.4. The minimum Gasteiger partial charge on any atom is -0.414 e. The molecule has 2 heteroatoms. The van der Waals surface area contributed by atoms with Crippen molar-refractivity contribution in [3.8, 4) is 0 Å². The van der Waals surface area contributed by atoms with Crippen molar-refractivity contribution in [3.63, 3.8) is 0 Å². The number of hydrogen-bond donors (Lipinski definition) is 0. The Balaban J connectivity index is 1.98. The van der Waals surface area contributed by atoms with Crippen molar-refractivity contribution >= 4 is 8.32 Å². The molecule has 1 saturated heterocycles. The van der Waals surface area contributed by atoms with Crippen molar-refractivity contribution in [2.75, 3.05) is 0 Å². The van der Waals surface area contributed by atoms with Crippen LogP contribution in [0.25, 0.3) is 0 Å². The van der Waals surface area contributed by atoms with Gasteiger partial charge in [0.25, 0.3) is 0 Å². The summed E-state index contributed by atoms with van der Waals surface area (Å²) < 4.78 is 6.26. The minimum atomic E-state index is -1.29. The molecule has 18 heavy (non-hydrogen) atoms. The van der Waals surface area contributed by atoms with Crippen molar-refractivity contribution < 1.29 is 4.43 Å². The molecule has 0 radical (unpaired) electrons. The van der Waals surface area contributed by atoms with E-state index in [1.165, 1.54) is 69.9 Å². The lowest BCUT2D eigenvalue weighted by Crippen LogP contribution is -2.41. The topological polar surface area (TPSA) is 9.23 Å². The van der Waals surface area contributed by atoms with E-state index in [9.17, 15) is 0 Å². The van der Waals surface area contributed by atoms with Crippen LogP contribution in [0, 0.1) is 0 Å². The van der Waals surface area contributed by atoms with Crippen LogP contribution < -0.4 is 0 Å². The quantitative estimate of drug-likeness (QED) is 0.297. The summed E-state index contributed by atoms with van der Waals surface area (Å²) in [7, 11) is -1.29. The van der Waals surface area contributed by atoms with Crippen LogP contribution in [-0.4, -0.2) is 14.4 Å². The van der Waals surface area contributed by atoms with E-state index in [0.717, 1.165) is 0 Å². The van der Waals surface area contributed by atoms with Crippen molar-refractivity contribution in [1.29, 1.82) is 0 Å². The van der Waals surface area contributed by atoms with Gasteiger partial charge in [0.05, 0.1) is 0 Å². The van der Waals surface area contributed by atoms with Crippen LogP contribution in [0.15, 0.2) is 12.7 Å². The second-order valence-electron chi connectivity index (χ2n) is 6.22. The SMILES string of the molecule is C=CCCCCCCCC[Si]1(C)CCCC(C)O1. The van der Waals surface area contributed by atoms with Gasteiger partial charge in [0.1, 0.15) is 0 Å². The molecule has 1 heterocycles. The molecule has 1 fully saturated rings. The van der Waals surface area contributed by atoms with Crippen LogP contribution in [0.5, 0.6) is 0 Å². The second-order valence-corrected chi connectivity index (χ2v) is 10.4. The minimum absolute atomic E-state index is 0.536. The lowest BCUT2D eigenvalue weighted by atomic mass is 10.1. The standard InChI is InChI=1S/C16H32OSi/c1-4-5-6-7-8-9-10-11-14-18(3)15-12-13-16(2)17-18/h4,16H,1,5-15H2,2-3H3. The van der Waals surface area contributed by atoms with Gasteiger partial charge in [-0.2, -0.15) is 0 Å². The molecule has 1 aliphatic heterocycles. The molecule has 1 aliphatic rings. The molecule has 2 atom stereocenters.